The summed E-state index contributed by atoms with van der Waals surface area (Å²) in [6.07, 6.45) is 0.0502. The van der Waals surface area contributed by atoms with Gasteiger partial charge in [-0.15, -0.1) is 0 Å². The number of anilines is 2. The Morgan fingerprint density at radius 3 is 1.78 bits per heavy atom. The van der Waals surface area contributed by atoms with Gasteiger partial charge in [0.25, 0.3) is 0 Å². The number of hydrogen-bond donors (Lipinski definition) is 0. The lowest BCUT2D eigenvalue weighted by atomic mass is 9.55. The maximum atomic E-state index is 14.1. The smallest absolute Gasteiger partial charge is 0.316 e. The van der Waals surface area contributed by atoms with Gasteiger partial charge in [-0.25, -0.2) is 4.90 Å². The first kappa shape index (κ1) is 27.3. The molecule has 8 heteroatoms. The van der Waals surface area contributed by atoms with Gasteiger partial charge in [-0.2, -0.15) is 0 Å². The third-order valence-corrected chi connectivity index (χ3v) is 9.92. The Kier molecular flexibility index (Phi) is 6.17. The standard InChI is InChI=1S/C37H30N2O6/c1-20-17-24(45-37(43)21-18-30(40)38(19-21)22-11-13-23(44-2)14-12-22)15-16-29(20)39-35(41)33-31-25-7-3-4-8-26(25)32(34(33)36(39)42)28-10-6-5-9-27(28)31/h3-17,21,31-34H,18-19H2,1-2H3/t21-,31?,32?,33-,34-/m1/s1. The average molecular weight is 599 g/mol. The van der Waals surface area contributed by atoms with E-state index in [9.17, 15) is 19.2 Å². The Morgan fingerprint density at radius 1 is 0.733 bits per heavy atom. The number of carbonyl (C=O) groups excluding carboxylic acids is 4. The van der Waals surface area contributed by atoms with Crippen LogP contribution in [-0.2, 0) is 19.2 Å². The van der Waals surface area contributed by atoms with Gasteiger partial charge in [-0.1, -0.05) is 48.5 Å². The molecule has 2 bridgehead atoms. The molecule has 224 valence electrons. The molecule has 2 fully saturated rings. The number of carbonyl (C=O) groups is 4. The Bertz CT molecular complexity index is 1800. The van der Waals surface area contributed by atoms with E-state index in [1.165, 1.54) is 4.90 Å². The van der Waals surface area contributed by atoms with Crippen LogP contribution in [0.1, 0.15) is 46.1 Å². The highest BCUT2D eigenvalue weighted by atomic mass is 16.5. The minimum Gasteiger partial charge on any atom is -0.497 e. The molecule has 8 nitrogen and oxygen atoms in total. The van der Waals surface area contributed by atoms with Crippen LogP contribution in [0, 0.1) is 24.7 Å². The summed E-state index contributed by atoms with van der Waals surface area (Å²) in [5.74, 6) is -2.00. The molecule has 0 N–H and O–H groups in total. The fraction of sp³-hybridized carbons (Fsp3) is 0.243. The summed E-state index contributed by atoms with van der Waals surface area (Å²) in [6.45, 7) is 2.02. The monoisotopic (exact) mass is 598 g/mol. The van der Waals surface area contributed by atoms with Crippen LogP contribution in [0.3, 0.4) is 0 Å². The zero-order valence-corrected chi connectivity index (χ0v) is 24.8. The zero-order chi connectivity index (χ0) is 31.0. The second-order valence-corrected chi connectivity index (χ2v) is 12.2. The predicted molar refractivity (Wildman–Crippen MR) is 166 cm³/mol. The van der Waals surface area contributed by atoms with E-state index in [1.807, 2.05) is 24.3 Å². The topological polar surface area (TPSA) is 93.2 Å². The number of imide groups is 1. The first-order valence-electron chi connectivity index (χ1n) is 15.2. The van der Waals surface area contributed by atoms with Crippen molar-refractivity contribution in [3.05, 3.63) is 119 Å². The van der Waals surface area contributed by atoms with Gasteiger partial charge in [0.15, 0.2) is 0 Å². The van der Waals surface area contributed by atoms with Crippen LogP contribution in [-0.4, -0.2) is 37.3 Å². The van der Waals surface area contributed by atoms with Gasteiger partial charge in [0, 0.05) is 30.5 Å². The van der Waals surface area contributed by atoms with Crippen LogP contribution in [0.4, 0.5) is 11.4 Å². The largest absolute Gasteiger partial charge is 0.497 e. The Morgan fingerprint density at radius 2 is 1.27 bits per heavy atom. The molecule has 0 saturated carbocycles. The lowest BCUT2D eigenvalue weighted by Gasteiger charge is -2.45. The summed E-state index contributed by atoms with van der Waals surface area (Å²) in [5.41, 5.74) is 6.33. The van der Waals surface area contributed by atoms with Crippen molar-refractivity contribution in [2.45, 2.75) is 25.2 Å². The van der Waals surface area contributed by atoms with Crippen molar-refractivity contribution in [1.82, 2.24) is 0 Å². The fourth-order valence-corrected chi connectivity index (χ4v) is 7.93. The van der Waals surface area contributed by atoms with Crippen molar-refractivity contribution in [3.8, 4) is 11.5 Å². The summed E-state index contributed by atoms with van der Waals surface area (Å²) in [5, 5.41) is 0. The maximum Gasteiger partial charge on any atom is 0.316 e. The Labute approximate surface area is 260 Å². The maximum absolute atomic E-state index is 14.1. The minimum atomic E-state index is -0.622. The number of nitrogens with zero attached hydrogens (tertiary/aromatic N) is 2. The minimum absolute atomic E-state index is 0.0502. The van der Waals surface area contributed by atoms with Crippen molar-refractivity contribution in [1.29, 1.82) is 0 Å². The molecule has 4 aromatic rings. The lowest BCUT2D eigenvalue weighted by Crippen LogP contribution is -2.41. The van der Waals surface area contributed by atoms with E-state index in [0.29, 0.717) is 28.4 Å². The quantitative estimate of drug-likeness (QED) is 0.175. The SMILES string of the molecule is COc1ccc(N2C[C@H](C(=O)Oc3ccc(N4C(=O)[C@@H]5C6c7ccccc7C(c7ccccc76)[C@H]5C4=O)c(C)c3)CC2=O)cc1. The third-order valence-electron chi connectivity index (χ3n) is 9.92. The highest BCUT2D eigenvalue weighted by molar-refractivity contribution is 6.23. The Hall–Kier alpha value is -5.24. The summed E-state index contributed by atoms with van der Waals surface area (Å²) in [6, 6.07) is 28.4. The van der Waals surface area contributed by atoms with Crippen molar-refractivity contribution < 1.29 is 28.7 Å². The van der Waals surface area contributed by atoms with Crippen molar-refractivity contribution in [3.63, 3.8) is 0 Å². The number of rotatable bonds is 5. The van der Waals surface area contributed by atoms with E-state index in [0.717, 1.165) is 22.3 Å². The molecule has 0 unspecified atom stereocenters. The van der Waals surface area contributed by atoms with Gasteiger partial charge in [0.05, 0.1) is 30.6 Å². The van der Waals surface area contributed by atoms with Gasteiger partial charge in [0.1, 0.15) is 11.5 Å². The van der Waals surface area contributed by atoms with Crippen LogP contribution in [0.25, 0.3) is 0 Å². The first-order valence-corrected chi connectivity index (χ1v) is 15.2. The van der Waals surface area contributed by atoms with Crippen LogP contribution >= 0.6 is 0 Å². The fourth-order valence-electron chi connectivity index (χ4n) is 7.93. The van der Waals surface area contributed by atoms with E-state index in [4.69, 9.17) is 9.47 Å². The molecule has 45 heavy (non-hydrogen) atoms. The number of esters is 1. The third kappa shape index (κ3) is 4.05. The number of methoxy groups -OCH3 is 1. The lowest BCUT2D eigenvalue weighted by molar-refractivity contribution is -0.139. The van der Waals surface area contributed by atoms with Crippen molar-refractivity contribution >= 4 is 35.1 Å². The molecule has 3 atom stereocenters. The van der Waals surface area contributed by atoms with Gasteiger partial charge >= 0.3 is 5.97 Å². The van der Waals surface area contributed by atoms with Crippen molar-refractivity contribution in [2.24, 2.45) is 17.8 Å². The molecule has 2 aliphatic heterocycles. The number of aryl methyl sites for hydroxylation is 1. The summed E-state index contributed by atoms with van der Waals surface area (Å²) >= 11 is 0. The van der Waals surface area contributed by atoms with Crippen LogP contribution in [0.15, 0.2) is 91.0 Å². The Balaban J connectivity index is 1.03. The van der Waals surface area contributed by atoms with E-state index >= 15 is 0 Å². The van der Waals surface area contributed by atoms with E-state index in [-0.39, 0.29) is 42.5 Å². The number of ether oxygens (including phenoxy) is 2. The molecule has 0 radical (unpaired) electrons. The first-order chi connectivity index (χ1) is 21.9. The van der Waals surface area contributed by atoms with Crippen LogP contribution in [0.5, 0.6) is 11.5 Å². The molecule has 0 aromatic heterocycles. The summed E-state index contributed by atoms with van der Waals surface area (Å²) < 4.78 is 10.9. The number of amides is 3. The molecule has 2 heterocycles. The molecule has 3 amide bonds. The van der Waals surface area contributed by atoms with Gasteiger partial charge in [-0.3, -0.25) is 19.2 Å². The van der Waals surface area contributed by atoms with Gasteiger partial charge in [-0.05, 0) is 77.2 Å². The average Bonchev–Trinajstić information content (AvgIpc) is 3.58. The summed E-state index contributed by atoms with van der Waals surface area (Å²) in [4.78, 5) is 57.0. The molecule has 3 aliphatic carbocycles. The molecule has 0 spiro atoms. The van der Waals surface area contributed by atoms with Crippen LogP contribution in [0.2, 0.25) is 0 Å². The van der Waals surface area contributed by atoms with Gasteiger partial charge < -0.3 is 14.4 Å². The second-order valence-electron chi connectivity index (χ2n) is 12.2. The zero-order valence-electron chi connectivity index (χ0n) is 24.8. The highest BCUT2D eigenvalue weighted by Crippen LogP contribution is 2.61. The van der Waals surface area contributed by atoms with E-state index < -0.39 is 23.7 Å². The molecular weight excluding hydrogens is 568 g/mol. The highest BCUT2D eigenvalue weighted by Gasteiger charge is 2.61. The molecule has 4 aromatic carbocycles. The summed E-state index contributed by atoms with van der Waals surface area (Å²) in [7, 11) is 1.57. The molecule has 2 saturated heterocycles. The molecule has 5 aliphatic rings. The normalized spacial score (nSPS) is 24.4. The van der Waals surface area contributed by atoms with E-state index in [1.54, 1.807) is 61.4 Å². The number of hydrogen-bond acceptors (Lipinski definition) is 6. The molecule has 9 rings (SSSR count). The van der Waals surface area contributed by atoms with E-state index in [2.05, 4.69) is 24.3 Å². The molecular formula is C37H30N2O6. The second kappa shape index (κ2) is 10.2. The van der Waals surface area contributed by atoms with Crippen molar-refractivity contribution in [2.75, 3.05) is 23.5 Å². The van der Waals surface area contributed by atoms with Crippen LogP contribution < -0.4 is 19.3 Å². The predicted octanol–water partition coefficient (Wildman–Crippen LogP) is 5.36. The number of benzene rings is 4. The van der Waals surface area contributed by atoms with Gasteiger partial charge in [0.2, 0.25) is 17.7 Å².